The van der Waals surface area contributed by atoms with E-state index >= 15 is 0 Å². The Morgan fingerprint density at radius 1 is 0.333 bits per heavy atom. The number of furan rings is 1. The van der Waals surface area contributed by atoms with Crippen LogP contribution in [0.1, 0.15) is 0 Å². The molecule has 0 amide bonds. The van der Waals surface area contributed by atoms with E-state index in [-0.39, 0.29) is 0 Å². The Kier molecular flexibility index (Phi) is 6.95. The number of aromatic nitrogens is 4. The summed E-state index contributed by atoms with van der Waals surface area (Å²) in [6.45, 7) is 0. The average molecular weight is 765 g/mol. The molecule has 0 N–H and O–H groups in total. The zero-order valence-electron chi connectivity index (χ0n) is 32.2. The second kappa shape index (κ2) is 12.7. The maximum Gasteiger partial charge on any atom is 0.238 e. The SMILES string of the molecule is c1ccc2cc(-c3nc(-c4ccc5ccccc5c4)nc(-n4c5c(-c6ccc7oc8ccccc8c7c6)cccc5c5c6ccccc6c6ccccc6c54)n3)ccc2c1. The summed E-state index contributed by atoms with van der Waals surface area (Å²) >= 11 is 0. The molecule has 0 spiro atoms. The molecule has 10 aromatic carbocycles. The van der Waals surface area contributed by atoms with E-state index in [2.05, 4.69) is 187 Å². The lowest BCUT2D eigenvalue weighted by molar-refractivity contribution is 0.669. The van der Waals surface area contributed by atoms with Gasteiger partial charge in [0.05, 0.1) is 11.0 Å². The third kappa shape index (κ3) is 4.90. The molecule has 3 aromatic heterocycles. The lowest BCUT2D eigenvalue weighted by Gasteiger charge is -2.14. The van der Waals surface area contributed by atoms with Crippen LogP contribution in [0.3, 0.4) is 0 Å². The van der Waals surface area contributed by atoms with Crippen molar-refractivity contribution in [2.75, 3.05) is 0 Å². The molecule has 0 fully saturated rings. The molecule has 13 aromatic rings. The van der Waals surface area contributed by atoms with Gasteiger partial charge in [-0.05, 0) is 73.6 Å². The van der Waals surface area contributed by atoms with Gasteiger partial charge in [0.2, 0.25) is 5.95 Å². The summed E-state index contributed by atoms with van der Waals surface area (Å²) in [5, 5.41) is 13.7. The lowest BCUT2D eigenvalue weighted by atomic mass is 9.95. The topological polar surface area (TPSA) is 56.7 Å². The van der Waals surface area contributed by atoms with E-state index in [4.69, 9.17) is 19.4 Å². The van der Waals surface area contributed by atoms with E-state index in [0.29, 0.717) is 17.6 Å². The molecule has 13 rings (SSSR count). The van der Waals surface area contributed by atoms with Crippen LogP contribution in [0.25, 0.3) is 127 Å². The van der Waals surface area contributed by atoms with Crippen LogP contribution in [0.15, 0.2) is 199 Å². The van der Waals surface area contributed by atoms with Crippen LogP contribution in [-0.4, -0.2) is 19.5 Å². The van der Waals surface area contributed by atoms with Crippen LogP contribution < -0.4 is 0 Å². The highest BCUT2D eigenvalue weighted by Gasteiger charge is 2.24. The standard InChI is InChI=1S/C55H32N4O/c1-3-14-35-30-38(26-24-33(35)12-1)53-56-54(39-27-25-34-13-2-4-15-36(34)31-39)58-55(57-53)59-51-40(37-28-29-49-47(32-37)43-18-9-10-23-48(43)60-49)21-11-22-46(51)50-44-19-7-5-16-41(44)42-17-6-8-20-45(42)52(50)59/h1-32H. The Hall–Kier alpha value is -8.15. The minimum Gasteiger partial charge on any atom is -0.456 e. The second-order valence-electron chi connectivity index (χ2n) is 15.6. The van der Waals surface area contributed by atoms with Crippen LogP contribution in [0.5, 0.6) is 0 Å². The summed E-state index contributed by atoms with van der Waals surface area (Å²) in [5.41, 5.74) is 7.83. The number of rotatable bonds is 4. The third-order valence-corrected chi connectivity index (χ3v) is 12.2. The molecule has 0 aliphatic carbocycles. The molecule has 0 radical (unpaired) electrons. The molecule has 0 aliphatic rings. The van der Waals surface area contributed by atoms with Crippen LogP contribution in [-0.2, 0) is 0 Å². The highest BCUT2D eigenvalue weighted by atomic mass is 16.3. The molecular weight excluding hydrogens is 733 g/mol. The predicted octanol–water partition coefficient (Wildman–Crippen LogP) is 14.5. The summed E-state index contributed by atoms with van der Waals surface area (Å²) in [5.74, 6) is 1.77. The first-order valence-electron chi connectivity index (χ1n) is 20.3. The number of hydrogen-bond donors (Lipinski definition) is 0. The number of benzene rings is 10. The Bertz CT molecular complexity index is 3820. The molecule has 5 heteroatoms. The first-order chi connectivity index (χ1) is 29.7. The first kappa shape index (κ1) is 32.9. The van der Waals surface area contributed by atoms with Gasteiger partial charge in [-0.25, -0.2) is 4.98 Å². The lowest BCUT2D eigenvalue weighted by Crippen LogP contribution is -2.07. The molecule has 0 unspecified atom stereocenters. The van der Waals surface area contributed by atoms with Crippen molar-refractivity contribution in [3.05, 3.63) is 194 Å². The quantitative estimate of drug-likeness (QED) is 0.167. The van der Waals surface area contributed by atoms with E-state index in [1.165, 1.54) is 16.2 Å². The summed E-state index contributed by atoms with van der Waals surface area (Å²) < 4.78 is 8.61. The van der Waals surface area contributed by atoms with E-state index in [1.54, 1.807) is 0 Å². The van der Waals surface area contributed by atoms with Gasteiger partial charge in [-0.2, -0.15) is 9.97 Å². The van der Waals surface area contributed by atoms with Gasteiger partial charge in [0, 0.05) is 43.6 Å². The fourth-order valence-electron chi connectivity index (χ4n) is 9.43. The van der Waals surface area contributed by atoms with Crippen molar-refractivity contribution in [2.24, 2.45) is 0 Å². The summed E-state index contributed by atoms with van der Waals surface area (Å²) in [7, 11) is 0. The smallest absolute Gasteiger partial charge is 0.238 e. The monoisotopic (exact) mass is 764 g/mol. The van der Waals surface area contributed by atoms with Gasteiger partial charge in [-0.15, -0.1) is 0 Å². The van der Waals surface area contributed by atoms with E-state index in [1.807, 2.05) is 12.1 Å². The minimum absolute atomic E-state index is 0.555. The second-order valence-corrected chi connectivity index (χ2v) is 15.6. The van der Waals surface area contributed by atoms with E-state index < -0.39 is 0 Å². The first-order valence-corrected chi connectivity index (χ1v) is 20.3. The molecule has 0 saturated heterocycles. The summed E-state index contributed by atoms with van der Waals surface area (Å²) in [6, 6.07) is 68.7. The molecule has 3 heterocycles. The Balaban J connectivity index is 1.19. The van der Waals surface area contributed by atoms with Crippen molar-refractivity contribution in [2.45, 2.75) is 0 Å². The third-order valence-electron chi connectivity index (χ3n) is 12.2. The summed E-state index contributed by atoms with van der Waals surface area (Å²) in [4.78, 5) is 16.2. The van der Waals surface area contributed by atoms with Crippen LogP contribution in [0.2, 0.25) is 0 Å². The van der Waals surface area contributed by atoms with Gasteiger partial charge in [-0.3, -0.25) is 4.57 Å². The van der Waals surface area contributed by atoms with Crippen LogP contribution in [0.4, 0.5) is 0 Å². The maximum absolute atomic E-state index is 6.30. The molecule has 0 bridgehead atoms. The number of fused-ring (bicyclic) bond motifs is 13. The molecule has 278 valence electrons. The highest BCUT2D eigenvalue weighted by Crippen LogP contribution is 2.45. The molecule has 0 saturated carbocycles. The number of para-hydroxylation sites is 2. The Morgan fingerprint density at radius 2 is 0.867 bits per heavy atom. The zero-order chi connectivity index (χ0) is 39.3. The Morgan fingerprint density at radius 3 is 1.57 bits per heavy atom. The van der Waals surface area contributed by atoms with Crippen LogP contribution in [0, 0.1) is 0 Å². The predicted molar refractivity (Wildman–Crippen MR) is 248 cm³/mol. The van der Waals surface area contributed by atoms with Crippen LogP contribution >= 0.6 is 0 Å². The van der Waals surface area contributed by atoms with Crippen molar-refractivity contribution in [3.8, 4) is 39.9 Å². The van der Waals surface area contributed by atoms with Crippen molar-refractivity contribution < 1.29 is 4.42 Å². The van der Waals surface area contributed by atoms with Gasteiger partial charge in [0.15, 0.2) is 11.6 Å². The minimum atomic E-state index is 0.555. The van der Waals surface area contributed by atoms with Gasteiger partial charge in [0.25, 0.3) is 0 Å². The van der Waals surface area contributed by atoms with Crippen molar-refractivity contribution >= 4 is 86.8 Å². The largest absolute Gasteiger partial charge is 0.456 e. The van der Waals surface area contributed by atoms with Gasteiger partial charge < -0.3 is 4.42 Å². The normalized spacial score (nSPS) is 12.0. The fraction of sp³-hybridized carbons (Fsp3) is 0. The fourth-order valence-corrected chi connectivity index (χ4v) is 9.43. The molecule has 0 atom stereocenters. The zero-order valence-corrected chi connectivity index (χ0v) is 32.2. The van der Waals surface area contributed by atoms with E-state index in [9.17, 15) is 0 Å². The summed E-state index contributed by atoms with van der Waals surface area (Å²) in [6.07, 6.45) is 0. The van der Waals surface area contributed by atoms with Gasteiger partial charge >= 0.3 is 0 Å². The van der Waals surface area contributed by atoms with Gasteiger partial charge in [-0.1, -0.05) is 164 Å². The highest BCUT2D eigenvalue weighted by molar-refractivity contribution is 6.33. The molecule has 0 aliphatic heterocycles. The number of hydrogen-bond acceptors (Lipinski definition) is 4. The average Bonchev–Trinajstić information content (AvgIpc) is 3.87. The van der Waals surface area contributed by atoms with Gasteiger partial charge in [0.1, 0.15) is 11.2 Å². The van der Waals surface area contributed by atoms with Crippen molar-refractivity contribution in [3.63, 3.8) is 0 Å². The molecular formula is C55H32N4O. The number of nitrogens with zero attached hydrogens (tertiary/aromatic N) is 4. The van der Waals surface area contributed by atoms with E-state index in [0.717, 1.165) is 92.9 Å². The molecule has 60 heavy (non-hydrogen) atoms. The van der Waals surface area contributed by atoms with Crippen molar-refractivity contribution in [1.29, 1.82) is 0 Å². The molecule has 5 nitrogen and oxygen atoms in total. The Labute approximate surface area is 343 Å². The van der Waals surface area contributed by atoms with Crippen molar-refractivity contribution in [1.82, 2.24) is 19.5 Å². The maximum atomic E-state index is 6.30.